The number of nitrogens with one attached hydrogen (secondary N) is 2. The standard InChI is InChI=1S/C20H17IN2O3S/c1-14-3-2-4-15(13-14)20(24)22-17-9-11-19(12-10-17)27(25,26)23-18-7-5-16(21)6-8-18/h2-13,23H,1H3,(H,22,24). The van der Waals surface area contributed by atoms with Crippen LogP contribution in [0.5, 0.6) is 0 Å². The highest BCUT2D eigenvalue weighted by Gasteiger charge is 2.14. The van der Waals surface area contributed by atoms with E-state index in [1.807, 2.05) is 31.2 Å². The van der Waals surface area contributed by atoms with Gasteiger partial charge in [-0.2, -0.15) is 0 Å². The Balaban J connectivity index is 1.72. The average Bonchev–Trinajstić information content (AvgIpc) is 2.64. The fourth-order valence-corrected chi connectivity index (χ4v) is 3.86. The summed E-state index contributed by atoms with van der Waals surface area (Å²) < 4.78 is 28.5. The first-order valence-corrected chi connectivity index (χ1v) is 10.7. The minimum atomic E-state index is -3.69. The molecule has 2 N–H and O–H groups in total. The van der Waals surface area contributed by atoms with Crippen LogP contribution in [0.2, 0.25) is 0 Å². The topological polar surface area (TPSA) is 75.3 Å². The van der Waals surface area contributed by atoms with Gasteiger partial charge in [0.25, 0.3) is 15.9 Å². The van der Waals surface area contributed by atoms with E-state index in [4.69, 9.17) is 0 Å². The predicted octanol–water partition coefficient (Wildman–Crippen LogP) is 4.65. The second-order valence-electron chi connectivity index (χ2n) is 5.96. The molecule has 0 aromatic heterocycles. The van der Waals surface area contributed by atoms with Gasteiger partial charge in [-0.15, -0.1) is 0 Å². The highest BCUT2D eigenvalue weighted by Crippen LogP contribution is 2.19. The highest BCUT2D eigenvalue weighted by atomic mass is 127. The average molecular weight is 492 g/mol. The molecule has 0 unspecified atom stereocenters. The Morgan fingerprint density at radius 2 is 1.52 bits per heavy atom. The van der Waals surface area contributed by atoms with Gasteiger partial charge >= 0.3 is 0 Å². The second-order valence-corrected chi connectivity index (χ2v) is 8.89. The molecule has 0 spiro atoms. The van der Waals surface area contributed by atoms with Crippen LogP contribution < -0.4 is 10.0 Å². The number of carbonyl (C=O) groups excluding carboxylic acids is 1. The van der Waals surface area contributed by atoms with Gasteiger partial charge in [0.05, 0.1) is 4.90 Å². The lowest BCUT2D eigenvalue weighted by Crippen LogP contribution is -2.14. The first-order valence-electron chi connectivity index (χ1n) is 8.10. The van der Waals surface area contributed by atoms with Crippen molar-refractivity contribution in [2.45, 2.75) is 11.8 Å². The van der Waals surface area contributed by atoms with E-state index in [1.165, 1.54) is 12.1 Å². The molecule has 7 heteroatoms. The summed E-state index contributed by atoms with van der Waals surface area (Å²) in [6.45, 7) is 1.91. The van der Waals surface area contributed by atoms with Crippen LogP contribution in [0.1, 0.15) is 15.9 Å². The maximum absolute atomic E-state index is 12.5. The number of rotatable bonds is 5. The van der Waals surface area contributed by atoms with Gasteiger partial charge in [-0.05, 0) is 90.2 Å². The quantitative estimate of drug-likeness (QED) is 0.510. The fraction of sp³-hybridized carbons (Fsp3) is 0.0500. The van der Waals surface area contributed by atoms with Crippen LogP contribution in [0.25, 0.3) is 0 Å². The third-order valence-corrected chi connectivity index (χ3v) is 5.92. The number of sulfonamides is 1. The molecule has 0 heterocycles. The molecular formula is C20H17IN2O3S. The van der Waals surface area contributed by atoms with Crippen molar-refractivity contribution in [2.75, 3.05) is 10.0 Å². The van der Waals surface area contributed by atoms with Crippen molar-refractivity contribution < 1.29 is 13.2 Å². The second kappa shape index (κ2) is 8.10. The Hall–Kier alpha value is -2.39. The molecule has 0 aliphatic carbocycles. The number of amides is 1. The zero-order valence-corrected chi connectivity index (χ0v) is 17.4. The van der Waals surface area contributed by atoms with Crippen molar-refractivity contribution in [1.82, 2.24) is 0 Å². The van der Waals surface area contributed by atoms with Gasteiger partial charge < -0.3 is 5.32 Å². The summed E-state index contributed by atoms with van der Waals surface area (Å²) in [7, 11) is -3.69. The molecule has 0 aliphatic rings. The zero-order chi connectivity index (χ0) is 19.4. The maximum atomic E-state index is 12.5. The number of benzene rings is 3. The summed E-state index contributed by atoms with van der Waals surface area (Å²) >= 11 is 2.15. The minimum Gasteiger partial charge on any atom is -0.322 e. The molecule has 0 aliphatic heterocycles. The van der Waals surface area contributed by atoms with E-state index in [-0.39, 0.29) is 10.8 Å². The van der Waals surface area contributed by atoms with Gasteiger partial charge in [0, 0.05) is 20.5 Å². The van der Waals surface area contributed by atoms with E-state index in [2.05, 4.69) is 32.6 Å². The lowest BCUT2D eigenvalue weighted by molar-refractivity contribution is 0.102. The first kappa shape index (κ1) is 19.4. The molecule has 138 valence electrons. The van der Waals surface area contributed by atoms with Crippen LogP contribution in [0.15, 0.2) is 77.7 Å². The lowest BCUT2D eigenvalue weighted by Gasteiger charge is -2.10. The molecule has 3 aromatic carbocycles. The summed E-state index contributed by atoms with van der Waals surface area (Å²) in [5.74, 6) is -0.244. The fourth-order valence-electron chi connectivity index (χ4n) is 2.44. The van der Waals surface area contributed by atoms with Crippen molar-refractivity contribution in [3.05, 3.63) is 87.5 Å². The molecule has 0 saturated carbocycles. The smallest absolute Gasteiger partial charge is 0.261 e. The zero-order valence-electron chi connectivity index (χ0n) is 14.4. The number of halogens is 1. The Morgan fingerprint density at radius 3 is 2.15 bits per heavy atom. The van der Waals surface area contributed by atoms with Crippen molar-refractivity contribution >= 4 is 49.9 Å². The van der Waals surface area contributed by atoms with Crippen LogP contribution in [0, 0.1) is 10.5 Å². The largest absolute Gasteiger partial charge is 0.322 e. The van der Waals surface area contributed by atoms with Crippen LogP contribution >= 0.6 is 22.6 Å². The molecule has 1 amide bonds. The summed E-state index contributed by atoms with van der Waals surface area (Å²) in [6.07, 6.45) is 0. The number of aryl methyl sites for hydroxylation is 1. The van der Waals surface area contributed by atoms with Crippen LogP contribution in [-0.2, 0) is 10.0 Å². The van der Waals surface area contributed by atoms with E-state index in [9.17, 15) is 13.2 Å². The van der Waals surface area contributed by atoms with Crippen molar-refractivity contribution in [3.8, 4) is 0 Å². The molecule has 0 radical (unpaired) electrons. The minimum absolute atomic E-state index is 0.120. The van der Waals surface area contributed by atoms with Crippen molar-refractivity contribution in [1.29, 1.82) is 0 Å². The Bertz CT molecular complexity index is 1060. The molecule has 0 bridgehead atoms. The first-order chi connectivity index (χ1) is 12.8. The SMILES string of the molecule is Cc1cccc(C(=O)Nc2ccc(S(=O)(=O)Nc3ccc(I)cc3)cc2)c1. The summed E-state index contributed by atoms with van der Waals surface area (Å²) in [6, 6.07) is 20.4. The molecule has 0 fully saturated rings. The molecule has 0 atom stereocenters. The molecule has 27 heavy (non-hydrogen) atoms. The number of carbonyl (C=O) groups is 1. The molecule has 5 nitrogen and oxygen atoms in total. The summed E-state index contributed by atoms with van der Waals surface area (Å²) in [5.41, 5.74) is 2.56. The van der Waals surface area contributed by atoms with E-state index in [0.29, 0.717) is 16.9 Å². The van der Waals surface area contributed by atoms with Gasteiger partial charge in [0.15, 0.2) is 0 Å². The Morgan fingerprint density at radius 1 is 0.889 bits per heavy atom. The third-order valence-electron chi connectivity index (χ3n) is 3.80. The lowest BCUT2D eigenvalue weighted by atomic mass is 10.1. The van der Waals surface area contributed by atoms with Gasteiger partial charge in [-0.1, -0.05) is 17.7 Å². The van der Waals surface area contributed by atoms with Gasteiger partial charge in [-0.3, -0.25) is 9.52 Å². The highest BCUT2D eigenvalue weighted by molar-refractivity contribution is 14.1. The van der Waals surface area contributed by atoms with Gasteiger partial charge in [0.2, 0.25) is 0 Å². The van der Waals surface area contributed by atoms with Crippen LogP contribution in [0.3, 0.4) is 0 Å². The van der Waals surface area contributed by atoms with Crippen LogP contribution in [-0.4, -0.2) is 14.3 Å². The monoisotopic (exact) mass is 492 g/mol. The third kappa shape index (κ3) is 5.08. The predicted molar refractivity (Wildman–Crippen MR) is 116 cm³/mol. The number of hydrogen-bond donors (Lipinski definition) is 2. The number of anilines is 2. The normalized spacial score (nSPS) is 11.0. The maximum Gasteiger partial charge on any atom is 0.261 e. The molecular weight excluding hydrogens is 475 g/mol. The van der Waals surface area contributed by atoms with Gasteiger partial charge in [0.1, 0.15) is 0 Å². The molecule has 3 aromatic rings. The Kier molecular flexibility index (Phi) is 5.81. The summed E-state index contributed by atoms with van der Waals surface area (Å²) in [5, 5.41) is 2.77. The van der Waals surface area contributed by atoms with E-state index in [0.717, 1.165) is 9.13 Å². The van der Waals surface area contributed by atoms with Gasteiger partial charge in [-0.25, -0.2) is 8.42 Å². The van der Waals surface area contributed by atoms with Crippen molar-refractivity contribution in [2.24, 2.45) is 0 Å². The molecule has 3 rings (SSSR count). The van der Waals surface area contributed by atoms with E-state index < -0.39 is 10.0 Å². The van der Waals surface area contributed by atoms with E-state index >= 15 is 0 Å². The number of hydrogen-bond acceptors (Lipinski definition) is 3. The van der Waals surface area contributed by atoms with Crippen molar-refractivity contribution in [3.63, 3.8) is 0 Å². The van der Waals surface area contributed by atoms with Crippen LogP contribution in [0.4, 0.5) is 11.4 Å². The summed E-state index contributed by atoms with van der Waals surface area (Å²) in [4.78, 5) is 12.4. The van der Waals surface area contributed by atoms with E-state index in [1.54, 1.807) is 36.4 Å². The molecule has 0 saturated heterocycles. The Labute approximate surface area is 172 Å².